The molecule has 0 radical (unpaired) electrons. The maximum atomic E-state index is 12.5. The van der Waals surface area contributed by atoms with Gasteiger partial charge in [-0.15, -0.1) is 0 Å². The first-order valence-electron chi connectivity index (χ1n) is 9.25. The number of hydrogen-bond acceptors (Lipinski definition) is 3. The summed E-state index contributed by atoms with van der Waals surface area (Å²) < 4.78 is 26.4. The molecule has 0 bridgehead atoms. The lowest BCUT2D eigenvalue weighted by atomic mass is 9.99. The number of benzene rings is 1. The Kier molecular flexibility index (Phi) is 7.02. The number of rotatable bonds is 7. The number of likely N-dealkylation sites (tertiary alicyclic amines) is 1. The fourth-order valence-electron chi connectivity index (χ4n) is 3.37. The molecule has 5 nitrogen and oxygen atoms in total. The number of amides is 1. The van der Waals surface area contributed by atoms with Crippen LogP contribution < -0.4 is 0 Å². The lowest BCUT2D eigenvalue weighted by Crippen LogP contribution is -2.39. The van der Waals surface area contributed by atoms with Crippen LogP contribution in [0.4, 0.5) is 0 Å². The molecule has 1 aliphatic rings. The average molecular weight is 367 g/mol. The summed E-state index contributed by atoms with van der Waals surface area (Å²) in [7, 11) is -3.41. The Balaban J connectivity index is 1.95. The summed E-state index contributed by atoms with van der Waals surface area (Å²) in [6.45, 7) is 8.51. The molecule has 25 heavy (non-hydrogen) atoms. The van der Waals surface area contributed by atoms with Crippen molar-refractivity contribution in [1.82, 2.24) is 9.21 Å². The standard InChI is InChI=1S/C19H30N2O3S/c1-4-21(5-2)25(23,24)18-11-8-17(9-12-18)10-13-19(22)20-14-6-7-16(3)15-20/h8-9,11-12,16H,4-7,10,13-15H2,1-3H3. The van der Waals surface area contributed by atoms with Gasteiger partial charge in [0.05, 0.1) is 4.90 Å². The molecule has 1 amide bonds. The average Bonchev–Trinajstić information content (AvgIpc) is 2.61. The Labute approximate surface area is 152 Å². The van der Waals surface area contributed by atoms with Crippen molar-refractivity contribution in [2.75, 3.05) is 26.2 Å². The highest BCUT2D eigenvalue weighted by atomic mass is 32.2. The van der Waals surface area contributed by atoms with E-state index in [1.54, 1.807) is 12.1 Å². The number of carbonyl (C=O) groups is 1. The van der Waals surface area contributed by atoms with Crippen LogP contribution in [0.1, 0.15) is 45.6 Å². The van der Waals surface area contributed by atoms with Crippen molar-refractivity contribution in [2.24, 2.45) is 5.92 Å². The minimum Gasteiger partial charge on any atom is -0.342 e. The van der Waals surface area contributed by atoms with E-state index in [0.29, 0.717) is 36.7 Å². The van der Waals surface area contributed by atoms with Crippen LogP contribution in [0.5, 0.6) is 0 Å². The topological polar surface area (TPSA) is 57.7 Å². The summed E-state index contributed by atoms with van der Waals surface area (Å²) in [6, 6.07) is 6.94. The van der Waals surface area contributed by atoms with Crippen molar-refractivity contribution in [3.05, 3.63) is 29.8 Å². The number of sulfonamides is 1. The highest BCUT2D eigenvalue weighted by Gasteiger charge is 2.22. The zero-order valence-electron chi connectivity index (χ0n) is 15.6. The first kappa shape index (κ1) is 19.9. The second-order valence-electron chi connectivity index (χ2n) is 6.82. The minimum absolute atomic E-state index is 0.200. The minimum atomic E-state index is -3.41. The van der Waals surface area contributed by atoms with E-state index in [0.717, 1.165) is 25.1 Å². The first-order valence-corrected chi connectivity index (χ1v) is 10.7. The van der Waals surface area contributed by atoms with Crippen molar-refractivity contribution >= 4 is 15.9 Å². The van der Waals surface area contributed by atoms with E-state index in [1.165, 1.54) is 10.7 Å². The van der Waals surface area contributed by atoms with Crippen LogP contribution in [0.2, 0.25) is 0 Å². The fraction of sp³-hybridized carbons (Fsp3) is 0.632. The third-order valence-electron chi connectivity index (χ3n) is 4.90. The van der Waals surface area contributed by atoms with E-state index in [-0.39, 0.29) is 5.91 Å². The van der Waals surface area contributed by atoms with E-state index in [1.807, 2.05) is 30.9 Å². The van der Waals surface area contributed by atoms with Crippen LogP contribution in [0.3, 0.4) is 0 Å². The predicted octanol–water partition coefficient (Wildman–Crippen LogP) is 2.91. The molecule has 0 spiro atoms. The zero-order chi connectivity index (χ0) is 18.4. The molecular formula is C19H30N2O3S. The van der Waals surface area contributed by atoms with Gasteiger partial charge in [-0.05, 0) is 42.9 Å². The van der Waals surface area contributed by atoms with Crippen molar-refractivity contribution in [3.8, 4) is 0 Å². The highest BCUT2D eigenvalue weighted by Crippen LogP contribution is 2.19. The van der Waals surface area contributed by atoms with Crippen LogP contribution >= 0.6 is 0 Å². The van der Waals surface area contributed by atoms with Gasteiger partial charge >= 0.3 is 0 Å². The molecule has 1 aromatic rings. The zero-order valence-corrected chi connectivity index (χ0v) is 16.4. The summed E-state index contributed by atoms with van der Waals surface area (Å²) in [5.74, 6) is 0.786. The van der Waals surface area contributed by atoms with Gasteiger partial charge in [-0.25, -0.2) is 8.42 Å². The number of hydrogen-bond donors (Lipinski definition) is 0. The largest absolute Gasteiger partial charge is 0.342 e. The van der Waals surface area contributed by atoms with Crippen molar-refractivity contribution in [2.45, 2.75) is 51.3 Å². The number of carbonyl (C=O) groups excluding carboxylic acids is 1. The quantitative estimate of drug-likeness (QED) is 0.745. The van der Waals surface area contributed by atoms with Crippen LogP contribution in [-0.2, 0) is 21.2 Å². The van der Waals surface area contributed by atoms with Crippen molar-refractivity contribution in [3.63, 3.8) is 0 Å². The molecular weight excluding hydrogens is 336 g/mol. The Hall–Kier alpha value is -1.40. The Bertz CT molecular complexity index is 666. The second-order valence-corrected chi connectivity index (χ2v) is 8.76. The Morgan fingerprint density at radius 1 is 1.20 bits per heavy atom. The molecule has 140 valence electrons. The van der Waals surface area contributed by atoms with E-state index < -0.39 is 10.0 Å². The Morgan fingerprint density at radius 3 is 2.40 bits per heavy atom. The van der Waals surface area contributed by atoms with Crippen molar-refractivity contribution in [1.29, 1.82) is 0 Å². The highest BCUT2D eigenvalue weighted by molar-refractivity contribution is 7.89. The van der Waals surface area contributed by atoms with Gasteiger partial charge < -0.3 is 4.90 Å². The molecule has 2 rings (SSSR count). The van der Waals surface area contributed by atoms with Crippen LogP contribution in [0.25, 0.3) is 0 Å². The smallest absolute Gasteiger partial charge is 0.243 e. The monoisotopic (exact) mass is 366 g/mol. The molecule has 1 fully saturated rings. The van der Waals surface area contributed by atoms with Gasteiger partial charge in [-0.3, -0.25) is 4.79 Å². The van der Waals surface area contributed by atoms with E-state index >= 15 is 0 Å². The fourth-order valence-corrected chi connectivity index (χ4v) is 4.82. The van der Waals surface area contributed by atoms with Crippen LogP contribution in [0, 0.1) is 5.92 Å². The Morgan fingerprint density at radius 2 is 1.84 bits per heavy atom. The van der Waals surface area contributed by atoms with Gasteiger partial charge in [0.1, 0.15) is 0 Å². The molecule has 1 saturated heterocycles. The lowest BCUT2D eigenvalue weighted by Gasteiger charge is -2.31. The third-order valence-corrected chi connectivity index (χ3v) is 6.97. The molecule has 1 unspecified atom stereocenters. The van der Waals surface area contributed by atoms with Gasteiger partial charge in [0.2, 0.25) is 15.9 Å². The lowest BCUT2D eigenvalue weighted by molar-refractivity contribution is -0.132. The summed E-state index contributed by atoms with van der Waals surface area (Å²) >= 11 is 0. The number of piperidine rings is 1. The van der Waals surface area contributed by atoms with E-state index in [4.69, 9.17) is 0 Å². The summed E-state index contributed by atoms with van der Waals surface area (Å²) in [5.41, 5.74) is 0.997. The first-order chi connectivity index (χ1) is 11.9. The summed E-state index contributed by atoms with van der Waals surface area (Å²) in [4.78, 5) is 14.6. The molecule has 1 atom stereocenters. The maximum absolute atomic E-state index is 12.5. The predicted molar refractivity (Wildman–Crippen MR) is 99.8 cm³/mol. The van der Waals surface area contributed by atoms with E-state index in [9.17, 15) is 13.2 Å². The number of aryl methyl sites for hydroxylation is 1. The molecule has 1 aromatic carbocycles. The summed E-state index contributed by atoms with van der Waals surface area (Å²) in [5, 5.41) is 0. The second kappa shape index (κ2) is 8.81. The molecule has 6 heteroatoms. The van der Waals surface area contributed by atoms with Crippen LogP contribution in [-0.4, -0.2) is 49.7 Å². The molecule has 0 aromatic heterocycles. The molecule has 0 N–H and O–H groups in total. The normalized spacial score (nSPS) is 18.6. The molecule has 1 heterocycles. The SMILES string of the molecule is CCN(CC)S(=O)(=O)c1ccc(CCC(=O)N2CCCC(C)C2)cc1. The third kappa shape index (κ3) is 5.05. The van der Waals surface area contributed by atoms with Gasteiger partial charge in [0, 0.05) is 32.6 Å². The van der Waals surface area contributed by atoms with Crippen molar-refractivity contribution < 1.29 is 13.2 Å². The van der Waals surface area contributed by atoms with Gasteiger partial charge in [-0.2, -0.15) is 4.31 Å². The molecule has 0 saturated carbocycles. The number of nitrogens with zero attached hydrogens (tertiary/aromatic N) is 2. The van der Waals surface area contributed by atoms with Gasteiger partial charge in [0.15, 0.2) is 0 Å². The summed E-state index contributed by atoms with van der Waals surface area (Å²) in [6.07, 6.45) is 3.42. The van der Waals surface area contributed by atoms with E-state index in [2.05, 4.69) is 6.92 Å². The molecule has 0 aliphatic carbocycles. The van der Waals surface area contributed by atoms with Gasteiger partial charge in [-0.1, -0.05) is 32.9 Å². The van der Waals surface area contributed by atoms with Crippen LogP contribution in [0.15, 0.2) is 29.2 Å². The van der Waals surface area contributed by atoms with Gasteiger partial charge in [0.25, 0.3) is 0 Å². The molecule has 1 aliphatic heterocycles. The maximum Gasteiger partial charge on any atom is 0.243 e.